The molecule has 2 fully saturated rings. The van der Waals surface area contributed by atoms with Crippen LogP contribution >= 0.6 is 0 Å². The van der Waals surface area contributed by atoms with E-state index in [2.05, 4.69) is 4.90 Å². The fraction of sp³-hybridized carbons (Fsp3) is 0.417. The van der Waals surface area contributed by atoms with Gasteiger partial charge in [0.15, 0.2) is 0 Å². The fourth-order valence-electron chi connectivity index (χ4n) is 4.28. The molecule has 176 valence electrons. The van der Waals surface area contributed by atoms with Gasteiger partial charge in [-0.15, -0.1) is 0 Å². The van der Waals surface area contributed by atoms with Crippen LogP contribution in [-0.4, -0.2) is 80.2 Å². The van der Waals surface area contributed by atoms with E-state index in [0.29, 0.717) is 49.0 Å². The van der Waals surface area contributed by atoms with E-state index in [1.54, 1.807) is 30.3 Å². The number of benzene rings is 1. The number of amides is 1. The zero-order valence-electron chi connectivity index (χ0n) is 18.8. The Kier molecular flexibility index (Phi) is 7.00. The molecule has 33 heavy (non-hydrogen) atoms. The molecular formula is C24H28N2O7. The molecule has 0 radical (unpaired) electrons. The quantitative estimate of drug-likeness (QED) is 0.367. The first kappa shape index (κ1) is 22.9. The Hall–Kier alpha value is -3.30. The fourth-order valence-corrected chi connectivity index (χ4v) is 4.28. The summed E-state index contributed by atoms with van der Waals surface area (Å²) in [6, 6.07) is 7.42. The van der Waals surface area contributed by atoms with Crippen molar-refractivity contribution in [1.29, 1.82) is 0 Å². The third-order valence-electron chi connectivity index (χ3n) is 5.99. The van der Waals surface area contributed by atoms with E-state index in [1.807, 2.05) is 0 Å². The number of carbonyl (C=O) groups is 2. The molecule has 0 bridgehead atoms. The van der Waals surface area contributed by atoms with E-state index in [0.717, 1.165) is 19.6 Å². The molecule has 2 aromatic rings. The number of aliphatic hydroxyl groups is 1. The molecule has 1 aromatic heterocycles. The summed E-state index contributed by atoms with van der Waals surface area (Å²) in [5.41, 5.74) is 0.269. The predicted molar refractivity (Wildman–Crippen MR) is 119 cm³/mol. The second-order valence-electron chi connectivity index (χ2n) is 7.88. The number of aliphatic hydroxyl groups excluding tert-OH is 1. The summed E-state index contributed by atoms with van der Waals surface area (Å²) in [6.45, 7) is 4.21. The van der Waals surface area contributed by atoms with Gasteiger partial charge in [-0.3, -0.25) is 14.5 Å². The molecule has 1 N–H and O–H groups in total. The van der Waals surface area contributed by atoms with Gasteiger partial charge in [0.2, 0.25) is 0 Å². The molecule has 0 saturated carbocycles. The average Bonchev–Trinajstić information content (AvgIpc) is 3.46. The maximum atomic E-state index is 13.1. The SMILES string of the molecule is COc1ccc(/C(O)=C2\C(=O)C(=O)N(CCCN3CCOCC3)C2c2ccco2)c(OC)c1. The smallest absolute Gasteiger partial charge is 0.295 e. The van der Waals surface area contributed by atoms with Gasteiger partial charge in [-0.2, -0.15) is 0 Å². The number of rotatable bonds is 8. The number of ketones is 1. The first-order chi connectivity index (χ1) is 16.0. The van der Waals surface area contributed by atoms with Gasteiger partial charge in [-0.1, -0.05) is 0 Å². The van der Waals surface area contributed by atoms with Crippen LogP contribution in [0.15, 0.2) is 46.6 Å². The van der Waals surface area contributed by atoms with E-state index in [4.69, 9.17) is 18.6 Å². The van der Waals surface area contributed by atoms with Crippen molar-refractivity contribution >= 4 is 17.4 Å². The van der Waals surface area contributed by atoms with Gasteiger partial charge < -0.3 is 28.6 Å². The molecule has 3 heterocycles. The summed E-state index contributed by atoms with van der Waals surface area (Å²) >= 11 is 0. The van der Waals surface area contributed by atoms with Crippen LogP contribution in [0, 0.1) is 0 Å². The second-order valence-corrected chi connectivity index (χ2v) is 7.88. The Morgan fingerprint density at radius 3 is 2.58 bits per heavy atom. The summed E-state index contributed by atoms with van der Waals surface area (Å²) in [5, 5.41) is 11.2. The van der Waals surface area contributed by atoms with Crippen LogP contribution in [0.1, 0.15) is 23.8 Å². The van der Waals surface area contributed by atoms with Crippen LogP contribution in [0.25, 0.3) is 5.76 Å². The number of methoxy groups -OCH3 is 2. The number of Topliss-reactive ketones (excluding diaryl/α,β-unsaturated/α-hetero) is 1. The molecule has 2 aliphatic rings. The van der Waals surface area contributed by atoms with Crippen LogP contribution < -0.4 is 9.47 Å². The van der Waals surface area contributed by atoms with Crippen molar-refractivity contribution in [2.75, 3.05) is 53.6 Å². The van der Waals surface area contributed by atoms with Crippen molar-refractivity contribution in [3.8, 4) is 11.5 Å². The van der Waals surface area contributed by atoms with Gasteiger partial charge in [0.05, 0.1) is 44.8 Å². The lowest BCUT2D eigenvalue weighted by molar-refractivity contribution is -0.140. The number of carbonyl (C=O) groups excluding carboxylic acids is 2. The molecule has 1 atom stereocenters. The third kappa shape index (κ3) is 4.60. The zero-order chi connectivity index (χ0) is 23.4. The molecule has 0 spiro atoms. The lowest BCUT2D eigenvalue weighted by Crippen LogP contribution is -2.38. The van der Waals surface area contributed by atoms with Crippen LogP contribution in [-0.2, 0) is 14.3 Å². The Balaban J connectivity index is 1.66. The van der Waals surface area contributed by atoms with E-state index < -0.39 is 17.7 Å². The van der Waals surface area contributed by atoms with Crippen molar-refractivity contribution in [2.24, 2.45) is 0 Å². The van der Waals surface area contributed by atoms with Gasteiger partial charge in [0.25, 0.3) is 11.7 Å². The molecule has 9 nitrogen and oxygen atoms in total. The predicted octanol–water partition coefficient (Wildman–Crippen LogP) is 2.44. The Bertz CT molecular complexity index is 1030. The summed E-state index contributed by atoms with van der Waals surface area (Å²) in [5.74, 6) is -0.455. The summed E-state index contributed by atoms with van der Waals surface area (Å²) in [6.07, 6.45) is 2.16. The van der Waals surface area contributed by atoms with Crippen LogP contribution in [0.2, 0.25) is 0 Å². The van der Waals surface area contributed by atoms with Crippen LogP contribution in [0.5, 0.6) is 11.5 Å². The molecular weight excluding hydrogens is 428 g/mol. The zero-order valence-corrected chi connectivity index (χ0v) is 18.8. The Morgan fingerprint density at radius 1 is 1.12 bits per heavy atom. The van der Waals surface area contributed by atoms with Crippen LogP contribution in [0.3, 0.4) is 0 Å². The molecule has 0 aliphatic carbocycles. The van der Waals surface area contributed by atoms with Crippen molar-refractivity contribution in [3.05, 3.63) is 53.5 Å². The van der Waals surface area contributed by atoms with E-state index in [1.165, 1.54) is 25.4 Å². The molecule has 1 amide bonds. The molecule has 2 saturated heterocycles. The first-order valence-corrected chi connectivity index (χ1v) is 10.9. The highest BCUT2D eigenvalue weighted by atomic mass is 16.5. The lowest BCUT2D eigenvalue weighted by atomic mass is 9.98. The first-order valence-electron chi connectivity index (χ1n) is 10.9. The number of hydrogen-bond donors (Lipinski definition) is 1. The van der Waals surface area contributed by atoms with Gasteiger partial charge >= 0.3 is 0 Å². The van der Waals surface area contributed by atoms with Gasteiger partial charge in [-0.25, -0.2) is 0 Å². The van der Waals surface area contributed by atoms with E-state index in [-0.39, 0.29) is 11.3 Å². The largest absolute Gasteiger partial charge is 0.507 e. The van der Waals surface area contributed by atoms with Gasteiger partial charge in [0.1, 0.15) is 29.1 Å². The number of ether oxygens (including phenoxy) is 3. The van der Waals surface area contributed by atoms with Crippen molar-refractivity contribution < 1.29 is 33.3 Å². The number of furan rings is 1. The highest BCUT2D eigenvalue weighted by Crippen LogP contribution is 2.41. The maximum Gasteiger partial charge on any atom is 0.295 e. The Labute approximate surface area is 192 Å². The third-order valence-corrected chi connectivity index (χ3v) is 5.99. The minimum atomic E-state index is -0.823. The average molecular weight is 456 g/mol. The molecule has 2 aliphatic heterocycles. The van der Waals surface area contributed by atoms with E-state index >= 15 is 0 Å². The van der Waals surface area contributed by atoms with Gasteiger partial charge in [-0.05, 0) is 30.7 Å². The molecule has 1 unspecified atom stereocenters. The summed E-state index contributed by atoms with van der Waals surface area (Å²) in [4.78, 5) is 29.8. The monoisotopic (exact) mass is 456 g/mol. The highest BCUT2D eigenvalue weighted by Gasteiger charge is 2.47. The van der Waals surface area contributed by atoms with Crippen molar-refractivity contribution in [1.82, 2.24) is 9.80 Å². The van der Waals surface area contributed by atoms with E-state index in [9.17, 15) is 14.7 Å². The van der Waals surface area contributed by atoms with Crippen LogP contribution in [0.4, 0.5) is 0 Å². The Morgan fingerprint density at radius 2 is 1.91 bits per heavy atom. The number of nitrogens with zero attached hydrogens (tertiary/aromatic N) is 2. The number of morpholine rings is 1. The maximum absolute atomic E-state index is 13.1. The highest BCUT2D eigenvalue weighted by molar-refractivity contribution is 6.46. The lowest BCUT2D eigenvalue weighted by Gasteiger charge is -2.28. The normalized spacial score (nSPS) is 20.9. The minimum absolute atomic E-state index is 0.0233. The van der Waals surface area contributed by atoms with Crippen molar-refractivity contribution in [2.45, 2.75) is 12.5 Å². The molecule has 4 rings (SSSR count). The molecule has 9 heteroatoms. The number of hydrogen-bond acceptors (Lipinski definition) is 8. The number of likely N-dealkylation sites (tertiary alicyclic amines) is 1. The minimum Gasteiger partial charge on any atom is -0.507 e. The summed E-state index contributed by atoms with van der Waals surface area (Å²) < 4.78 is 21.6. The topological polar surface area (TPSA) is 102 Å². The van der Waals surface area contributed by atoms with Crippen molar-refractivity contribution in [3.63, 3.8) is 0 Å². The second kappa shape index (κ2) is 10.1. The molecule has 1 aromatic carbocycles. The van der Waals surface area contributed by atoms with Gasteiger partial charge in [0, 0.05) is 32.2 Å². The summed E-state index contributed by atoms with van der Waals surface area (Å²) in [7, 11) is 2.98. The standard InChI is InChI=1S/C24H28N2O7/c1-30-16-6-7-17(19(15-16)31-2)22(27)20-21(18-5-3-12-33-18)26(24(29)23(20)28)9-4-8-25-10-13-32-14-11-25/h3,5-7,12,15,21,27H,4,8-11,13-14H2,1-2H3/b22-20+.